The van der Waals surface area contributed by atoms with Crippen molar-refractivity contribution in [3.8, 4) is 0 Å². The molecule has 9 heteroatoms. The fourth-order valence-corrected chi connectivity index (χ4v) is 2.81. The van der Waals surface area contributed by atoms with E-state index in [1.165, 1.54) is 12.1 Å². The van der Waals surface area contributed by atoms with Gasteiger partial charge < -0.3 is 5.73 Å². The van der Waals surface area contributed by atoms with Crippen molar-refractivity contribution in [1.29, 1.82) is 0 Å². The number of fused-ring (bicyclic) bond motifs is 2. The van der Waals surface area contributed by atoms with Gasteiger partial charge in [-0.15, -0.1) is 0 Å². The first-order valence-corrected chi connectivity index (χ1v) is 8.16. The average molecular weight is 377 g/mol. The standard InChI is InChI=1S/C10H8N2O2.C9H7N3O2/c1-7-8-3-2-6-11-9(8)4-5-10(7)12(13)14;10-9-6-2-1-5-11-7(6)3-4-8(9)12(13)14/h2-6H,1H3;1-5H,10H2. The summed E-state index contributed by atoms with van der Waals surface area (Å²) in [5.41, 5.74) is 7.99. The van der Waals surface area contributed by atoms with Gasteiger partial charge in [-0.3, -0.25) is 30.2 Å². The Morgan fingerprint density at radius 2 is 1.29 bits per heavy atom. The summed E-state index contributed by atoms with van der Waals surface area (Å²) in [6.45, 7) is 1.74. The van der Waals surface area contributed by atoms with Crippen LogP contribution in [-0.2, 0) is 0 Å². The van der Waals surface area contributed by atoms with Gasteiger partial charge in [0.15, 0.2) is 0 Å². The van der Waals surface area contributed by atoms with Crippen LogP contribution in [0.15, 0.2) is 60.9 Å². The molecule has 2 N–H and O–H groups in total. The predicted molar refractivity (Wildman–Crippen MR) is 106 cm³/mol. The van der Waals surface area contributed by atoms with E-state index in [0.29, 0.717) is 16.5 Å². The molecule has 28 heavy (non-hydrogen) atoms. The maximum atomic E-state index is 10.7. The van der Waals surface area contributed by atoms with E-state index in [9.17, 15) is 20.2 Å². The van der Waals surface area contributed by atoms with Crippen molar-refractivity contribution in [2.75, 3.05) is 5.73 Å². The molecule has 2 heterocycles. The quantitative estimate of drug-likeness (QED) is 0.314. The highest BCUT2D eigenvalue weighted by Gasteiger charge is 2.14. The van der Waals surface area contributed by atoms with Crippen LogP contribution in [0.2, 0.25) is 0 Å². The molecular formula is C19H15N5O4. The van der Waals surface area contributed by atoms with Gasteiger partial charge in [0.2, 0.25) is 0 Å². The number of aryl methyl sites for hydroxylation is 1. The molecule has 4 rings (SSSR count). The molecule has 0 amide bonds. The van der Waals surface area contributed by atoms with Gasteiger partial charge in [0, 0.05) is 40.9 Å². The van der Waals surface area contributed by atoms with Gasteiger partial charge in [0.1, 0.15) is 5.69 Å². The minimum atomic E-state index is -0.498. The van der Waals surface area contributed by atoms with Crippen LogP contribution in [0.5, 0.6) is 0 Å². The van der Waals surface area contributed by atoms with E-state index in [-0.39, 0.29) is 22.0 Å². The van der Waals surface area contributed by atoms with Crippen LogP contribution >= 0.6 is 0 Å². The van der Waals surface area contributed by atoms with Crippen LogP contribution in [0.25, 0.3) is 21.8 Å². The molecule has 0 aliphatic heterocycles. The van der Waals surface area contributed by atoms with Crippen LogP contribution in [-0.4, -0.2) is 19.8 Å². The van der Waals surface area contributed by atoms with E-state index < -0.39 is 4.92 Å². The summed E-state index contributed by atoms with van der Waals surface area (Å²) in [6, 6.07) is 13.1. The number of nitrogen functional groups attached to an aromatic ring is 1. The normalized spacial score (nSPS) is 10.3. The molecule has 0 spiro atoms. The van der Waals surface area contributed by atoms with Crippen molar-refractivity contribution in [3.63, 3.8) is 0 Å². The van der Waals surface area contributed by atoms with E-state index in [4.69, 9.17) is 5.73 Å². The Kier molecular flexibility index (Phi) is 5.07. The van der Waals surface area contributed by atoms with E-state index in [1.807, 2.05) is 6.07 Å². The second kappa shape index (κ2) is 7.62. The SMILES string of the molecule is Cc1c([N+](=O)[O-])ccc2ncccc12.Nc1c([N+](=O)[O-])ccc2ncccc12. The average Bonchev–Trinajstić information content (AvgIpc) is 2.69. The maximum absolute atomic E-state index is 10.7. The number of aromatic nitrogens is 2. The first kappa shape index (κ1) is 18.6. The van der Waals surface area contributed by atoms with Crippen molar-refractivity contribution in [3.05, 3.63) is 86.7 Å². The smallest absolute Gasteiger partial charge is 0.292 e. The second-order valence-electron chi connectivity index (χ2n) is 5.86. The second-order valence-corrected chi connectivity index (χ2v) is 5.86. The highest BCUT2D eigenvalue weighted by molar-refractivity contribution is 5.94. The van der Waals surface area contributed by atoms with Crippen molar-refractivity contribution in [1.82, 2.24) is 9.97 Å². The lowest BCUT2D eigenvalue weighted by atomic mass is 10.1. The van der Waals surface area contributed by atoms with Gasteiger partial charge in [-0.1, -0.05) is 6.07 Å². The topological polar surface area (TPSA) is 138 Å². The third-order valence-corrected chi connectivity index (χ3v) is 4.22. The number of nitrogens with two attached hydrogens (primary N) is 1. The Morgan fingerprint density at radius 1 is 0.786 bits per heavy atom. The van der Waals surface area contributed by atoms with Gasteiger partial charge in [-0.05, 0) is 37.3 Å². The predicted octanol–water partition coefficient (Wildman–Crippen LogP) is 4.18. The summed E-state index contributed by atoms with van der Waals surface area (Å²) >= 11 is 0. The van der Waals surface area contributed by atoms with Crippen molar-refractivity contribution < 1.29 is 9.85 Å². The van der Waals surface area contributed by atoms with Crippen molar-refractivity contribution >= 4 is 38.9 Å². The number of hydrogen-bond donors (Lipinski definition) is 1. The molecular weight excluding hydrogens is 362 g/mol. The molecule has 0 aliphatic rings. The van der Waals surface area contributed by atoms with Crippen LogP contribution in [0.4, 0.5) is 17.1 Å². The first-order valence-electron chi connectivity index (χ1n) is 8.16. The number of nitro groups is 2. The zero-order valence-electron chi connectivity index (χ0n) is 14.8. The Hall–Kier alpha value is -4.14. The van der Waals surface area contributed by atoms with Crippen LogP contribution in [0.3, 0.4) is 0 Å². The van der Waals surface area contributed by atoms with Gasteiger partial charge in [-0.2, -0.15) is 0 Å². The fourth-order valence-electron chi connectivity index (χ4n) is 2.81. The molecule has 0 bridgehead atoms. The number of hydrogen-bond acceptors (Lipinski definition) is 7. The zero-order chi connectivity index (χ0) is 20.3. The molecule has 140 valence electrons. The molecule has 0 fully saturated rings. The summed E-state index contributed by atoms with van der Waals surface area (Å²) in [6.07, 6.45) is 3.29. The highest BCUT2D eigenvalue weighted by Crippen LogP contribution is 2.28. The van der Waals surface area contributed by atoms with Crippen LogP contribution < -0.4 is 5.73 Å². The van der Waals surface area contributed by atoms with E-state index >= 15 is 0 Å². The maximum Gasteiger partial charge on any atom is 0.292 e. The molecule has 0 aliphatic carbocycles. The molecule has 9 nitrogen and oxygen atoms in total. The first-order chi connectivity index (χ1) is 13.4. The van der Waals surface area contributed by atoms with Crippen LogP contribution in [0, 0.1) is 27.2 Å². The van der Waals surface area contributed by atoms with Gasteiger partial charge in [-0.25, -0.2) is 0 Å². The van der Waals surface area contributed by atoms with Gasteiger partial charge in [0.25, 0.3) is 11.4 Å². The Labute approximate surface area is 158 Å². The molecule has 4 aromatic rings. The number of rotatable bonds is 2. The number of nitrogens with zero attached hydrogens (tertiary/aromatic N) is 4. The third kappa shape index (κ3) is 3.54. The van der Waals surface area contributed by atoms with Gasteiger partial charge in [0.05, 0.1) is 20.9 Å². The monoisotopic (exact) mass is 377 g/mol. The lowest BCUT2D eigenvalue weighted by Crippen LogP contribution is -1.96. The third-order valence-electron chi connectivity index (χ3n) is 4.22. The number of nitro benzene ring substituents is 2. The molecule has 0 saturated heterocycles. The number of benzene rings is 2. The fraction of sp³-hybridized carbons (Fsp3) is 0.0526. The number of anilines is 1. The van der Waals surface area contributed by atoms with Crippen LogP contribution in [0.1, 0.15) is 5.56 Å². The van der Waals surface area contributed by atoms with E-state index in [1.54, 1.807) is 49.6 Å². The summed E-state index contributed by atoms with van der Waals surface area (Å²) in [7, 11) is 0. The minimum absolute atomic E-state index is 0.0782. The lowest BCUT2D eigenvalue weighted by Gasteiger charge is -2.01. The Morgan fingerprint density at radius 3 is 1.86 bits per heavy atom. The minimum Gasteiger partial charge on any atom is -0.393 e. The Bertz CT molecular complexity index is 1110. The molecule has 0 atom stereocenters. The van der Waals surface area contributed by atoms with E-state index in [2.05, 4.69) is 9.97 Å². The summed E-state index contributed by atoms with van der Waals surface area (Å²) in [5.74, 6) is 0. The van der Waals surface area contributed by atoms with Crippen molar-refractivity contribution in [2.45, 2.75) is 6.92 Å². The van der Waals surface area contributed by atoms with Crippen molar-refractivity contribution in [2.24, 2.45) is 0 Å². The van der Waals surface area contributed by atoms with Gasteiger partial charge >= 0.3 is 0 Å². The lowest BCUT2D eigenvalue weighted by molar-refractivity contribution is -0.385. The summed E-state index contributed by atoms with van der Waals surface area (Å²) in [4.78, 5) is 28.5. The number of pyridine rings is 2. The highest BCUT2D eigenvalue weighted by atomic mass is 16.6. The largest absolute Gasteiger partial charge is 0.393 e. The molecule has 2 aromatic heterocycles. The summed E-state index contributed by atoms with van der Waals surface area (Å²) in [5, 5.41) is 22.7. The molecule has 0 unspecified atom stereocenters. The molecule has 0 saturated carbocycles. The van der Waals surface area contributed by atoms with E-state index in [0.717, 1.165) is 10.9 Å². The summed E-state index contributed by atoms with van der Waals surface area (Å²) < 4.78 is 0. The zero-order valence-corrected chi connectivity index (χ0v) is 14.8. The Balaban J connectivity index is 0.000000161. The molecule has 0 radical (unpaired) electrons. The molecule has 2 aromatic carbocycles.